The second-order valence-corrected chi connectivity index (χ2v) is 6.07. The van der Waals surface area contributed by atoms with Gasteiger partial charge in [0.1, 0.15) is 5.56 Å². The number of hydrogen-bond acceptors (Lipinski definition) is 5. The highest BCUT2D eigenvalue weighted by molar-refractivity contribution is 6.07. The Balaban J connectivity index is 1.88. The number of piperazine rings is 1. The van der Waals surface area contributed by atoms with Crippen LogP contribution < -0.4 is 10.2 Å². The van der Waals surface area contributed by atoms with Crippen LogP contribution in [0.5, 0.6) is 0 Å². The summed E-state index contributed by atoms with van der Waals surface area (Å²) < 4.78 is 0. The van der Waals surface area contributed by atoms with Crippen LogP contribution in [0.4, 0.5) is 17.1 Å². The van der Waals surface area contributed by atoms with Crippen LogP contribution in [-0.4, -0.2) is 49.0 Å². The van der Waals surface area contributed by atoms with Crippen LogP contribution in [0.25, 0.3) is 0 Å². The summed E-state index contributed by atoms with van der Waals surface area (Å²) in [5.41, 5.74) is 1.32. The Kier molecular flexibility index (Phi) is 4.95. The number of likely N-dealkylation sites (N-methyl/N-ethyl adjacent to an activating group) is 1. The van der Waals surface area contributed by atoms with E-state index in [1.54, 1.807) is 36.4 Å². The molecular weight excluding hydrogens is 320 g/mol. The van der Waals surface area contributed by atoms with Gasteiger partial charge in [0.15, 0.2) is 0 Å². The Morgan fingerprint density at radius 1 is 1.08 bits per heavy atom. The smallest absolute Gasteiger partial charge is 0.282 e. The van der Waals surface area contributed by atoms with Crippen LogP contribution in [0.1, 0.15) is 10.4 Å². The number of hydrogen-bond donors (Lipinski definition) is 1. The van der Waals surface area contributed by atoms with Crippen molar-refractivity contribution in [3.05, 3.63) is 64.2 Å². The van der Waals surface area contributed by atoms with Crippen molar-refractivity contribution in [2.75, 3.05) is 43.4 Å². The Labute approximate surface area is 146 Å². The van der Waals surface area contributed by atoms with Gasteiger partial charge in [-0.05, 0) is 31.3 Å². The molecule has 1 heterocycles. The van der Waals surface area contributed by atoms with Crippen LogP contribution in [0.3, 0.4) is 0 Å². The van der Waals surface area contributed by atoms with Gasteiger partial charge in [-0.2, -0.15) is 0 Å². The van der Waals surface area contributed by atoms with Gasteiger partial charge in [-0.3, -0.25) is 14.9 Å². The van der Waals surface area contributed by atoms with Crippen LogP contribution in [0, 0.1) is 10.1 Å². The highest BCUT2D eigenvalue weighted by Gasteiger charge is 2.23. The molecule has 3 rings (SSSR count). The zero-order chi connectivity index (χ0) is 17.8. The number of nitro groups is 1. The topological polar surface area (TPSA) is 78.7 Å². The normalized spacial score (nSPS) is 15.0. The minimum Gasteiger partial charge on any atom is -0.369 e. The van der Waals surface area contributed by atoms with E-state index >= 15 is 0 Å². The maximum absolute atomic E-state index is 12.6. The van der Waals surface area contributed by atoms with E-state index in [0.29, 0.717) is 5.69 Å². The fourth-order valence-corrected chi connectivity index (χ4v) is 2.85. The lowest BCUT2D eigenvalue weighted by atomic mass is 10.1. The monoisotopic (exact) mass is 340 g/mol. The van der Waals surface area contributed by atoms with Crippen LogP contribution in [0.2, 0.25) is 0 Å². The highest BCUT2D eigenvalue weighted by atomic mass is 16.6. The number of nitro benzene ring substituents is 1. The Bertz CT molecular complexity index is 771. The number of carbonyl (C=O) groups is 1. The molecule has 1 aliphatic heterocycles. The number of para-hydroxylation sites is 1. The van der Waals surface area contributed by atoms with Gasteiger partial charge in [0.25, 0.3) is 11.6 Å². The summed E-state index contributed by atoms with van der Waals surface area (Å²) in [4.78, 5) is 27.7. The van der Waals surface area contributed by atoms with Crippen molar-refractivity contribution in [3.8, 4) is 0 Å². The second kappa shape index (κ2) is 7.31. The number of benzene rings is 2. The van der Waals surface area contributed by atoms with E-state index in [2.05, 4.69) is 22.2 Å². The SMILES string of the molecule is CN1CCN(c2ccc([N+](=O)[O-])c(C(=O)Nc3ccccc3)c2)CC1. The average Bonchev–Trinajstić information content (AvgIpc) is 2.62. The van der Waals surface area contributed by atoms with E-state index in [9.17, 15) is 14.9 Å². The molecule has 1 aliphatic rings. The molecule has 0 unspecified atom stereocenters. The predicted octanol–water partition coefficient (Wildman–Crippen LogP) is 2.60. The predicted molar refractivity (Wildman–Crippen MR) is 97.2 cm³/mol. The van der Waals surface area contributed by atoms with Crippen LogP contribution in [0.15, 0.2) is 48.5 Å². The molecule has 0 radical (unpaired) electrons. The van der Waals surface area contributed by atoms with Gasteiger partial charge >= 0.3 is 0 Å². The number of rotatable bonds is 4. The summed E-state index contributed by atoms with van der Waals surface area (Å²) in [5.74, 6) is -0.478. The number of nitrogens with zero attached hydrogens (tertiary/aromatic N) is 3. The molecule has 1 amide bonds. The molecular formula is C18H20N4O3. The van der Waals surface area contributed by atoms with Crippen molar-refractivity contribution in [1.82, 2.24) is 4.90 Å². The van der Waals surface area contributed by atoms with E-state index in [0.717, 1.165) is 31.9 Å². The first-order chi connectivity index (χ1) is 12.0. The fourth-order valence-electron chi connectivity index (χ4n) is 2.85. The highest BCUT2D eigenvalue weighted by Crippen LogP contribution is 2.26. The Hall–Kier alpha value is -2.93. The molecule has 0 saturated carbocycles. The Morgan fingerprint density at radius 3 is 2.40 bits per heavy atom. The minimum atomic E-state index is -0.520. The second-order valence-electron chi connectivity index (χ2n) is 6.07. The summed E-state index contributed by atoms with van der Waals surface area (Å²) in [5, 5.41) is 14.0. The van der Waals surface area contributed by atoms with Crippen molar-refractivity contribution in [3.63, 3.8) is 0 Å². The van der Waals surface area contributed by atoms with E-state index < -0.39 is 10.8 Å². The number of anilines is 2. The van der Waals surface area contributed by atoms with Crippen LogP contribution >= 0.6 is 0 Å². The molecule has 1 saturated heterocycles. The molecule has 2 aromatic rings. The lowest BCUT2D eigenvalue weighted by Gasteiger charge is -2.34. The first-order valence-corrected chi connectivity index (χ1v) is 8.13. The van der Waals surface area contributed by atoms with Crippen molar-refractivity contribution in [1.29, 1.82) is 0 Å². The molecule has 7 heteroatoms. The maximum atomic E-state index is 12.6. The van der Waals surface area contributed by atoms with Crippen LogP contribution in [-0.2, 0) is 0 Å². The quantitative estimate of drug-likeness (QED) is 0.684. The molecule has 0 bridgehead atoms. The fraction of sp³-hybridized carbons (Fsp3) is 0.278. The molecule has 7 nitrogen and oxygen atoms in total. The van der Waals surface area contributed by atoms with E-state index in [4.69, 9.17) is 0 Å². The molecule has 0 aromatic heterocycles. The van der Waals surface area contributed by atoms with Gasteiger partial charge < -0.3 is 15.1 Å². The molecule has 25 heavy (non-hydrogen) atoms. The molecule has 0 aliphatic carbocycles. The summed E-state index contributed by atoms with van der Waals surface area (Å²) in [6.07, 6.45) is 0. The summed E-state index contributed by atoms with van der Waals surface area (Å²) in [6.45, 7) is 3.49. The molecule has 0 spiro atoms. The molecule has 2 aromatic carbocycles. The van der Waals surface area contributed by atoms with E-state index in [1.165, 1.54) is 6.07 Å². The van der Waals surface area contributed by atoms with Gasteiger partial charge in [-0.15, -0.1) is 0 Å². The third-order valence-corrected chi connectivity index (χ3v) is 4.32. The largest absolute Gasteiger partial charge is 0.369 e. The average molecular weight is 340 g/mol. The van der Waals surface area contributed by atoms with Gasteiger partial charge in [0.2, 0.25) is 0 Å². The van der Waals surface area contributed by atoms with Gasteiger partial charge in [0, 0.05) is 43.6 Å². The first-order valence-electron chi connectivity index (χ1n) is 8.13. The van der Waals surface area contributed by atoms with E-state index in [-0.39, 0.29) is 11.3 Å². The lowest BCUT2D eigenvalue weighted by Crippen LogP contribution is -2.44. The summed E-state index contributed by atoms with van der Waals surface area (Å²) in [7, 11) is 2.06. The van der Waals surface area contributed by atoms with Crippen molar-refractivity contribution >= 4 is 23.0 Å². The Morgan fingerprint density at radius 2 is 1.76 bits per heavy atom. The number of nitrogens with one attached hydrogen (secondary N) is 1. The lowest BCUT2D eigenvalue weighted by molar-refractivity contribution is -0.385. The minimum absolute atomic E-state index is 0.0743. The first kappa shape index (κ1) is 16.9. The zero-order valence-electron chi connectivity index (χ0n) is 14.0. The van der Waals surface area contributed by atoms with Gasteiger partial charge in [-0.25, -0.2) is 0 Å². The van der Waals surface area contributed by atoms with Crippen molar-refractivity contribution in [2.24, 2.45) is 0 Å². The molecule has 1 N–H and O–H groups in total. The van der Waals surface area contributed by atoms with Crippen molar-refractivity contribution in [2.45, 2.75) is 0 Å². The zero-order valence-corrected chi connectivity index (χ0v) is 14.0. The molecule has 0 atom stereocenters. The van der Waals surface area contributed by atoms with E-state index in [1.807, 2.05) is 6.07 Å². The van der Waals surface area contributed by atoms with Gasteiger partial charge in [-0.1, -0.05) is 18.2 Å². The third-order valence-electron chi connectivity index (χ3n) is 4.32. The number of carbonyl (C=O) groups excluding carboxylic acids is 1. The van der Waals surface area contributed by atoms with Gasteiger partial charge in [0.05, 0.1) is 4.92 Å². The maximum Gasteiger partial charge on any atom is 0.282 e. The molecule has 130 valence electrons. The molecule has 1 fully saturated rings. The number of amides is 1. The standard InChI is InChI=1S/C18H20N4O3/c1-20-9-11-21(12-10-20)15-7-8-17(22(24)25)16(13-15)18(23)19-14-5-3-2-4-6-14/h2-8,13H,9-12H2,1H3,(H,19,23). The third kappa shape index (κ3) is 3.95. The summed E-state index contributed by atoms with van der Waals surface area (Å²) in [6, 6.07) is 13.7. The van der Waals surface area contributed by atoms with Crippen molar-refractivity contribution < 1.29 is 9.72 Å². The summed E-state index contributed by atoms with van der Waals surface area (Å²) >= 11 is 0.